The number of methoxy groups -OCH3 is 2. The highest BCUT2D eigenvalue weighted by atomic mass is 16.5. The third-order valence-corrected chi connectivity index (χ3v) is 2.33. The average Bonchev–Trinajstić information content (AvgIpc) is 2.26. The quantitative estimate of drug-likeness (QED) is 0.738. The number of carbonyl (C=O) groups is 1. The number of carbonyl (C=O) groups excluding carboxylic acids is 1. The van der Waals surface area contributed by atoms with Crippen molar-refractivity contribution in [2.24, 2.45) is 5.41 Å². The maximum atomic E-state index is 12.1. The molecular formula is C13H18O3. The third kappa shape index (κ3) is 2.54. The van der Waals surface area contributed by atoms with Crippen LogP contribution in [0.5, 0.6) is 11.5 Å². The molecule has 0 aliphatic heterocycles. The van der Waals surface area contributed by atoms with E-state index >= 15 is 0 Å². The van der Waals surface area contributed by atoms with Crippen molar-refractivity contribution in [2.45, 2.75) is 20.8 Å². The van der Waals surface area contributed by atoms with E-state index in [2.05, 4.69) is 0 Å². The second-order valence-electron chi connectivity index (χ2n) is 4.65. The smallest absolute Gasteiger partial charge is 0.171 e. The third-order valence-electron chi connectivity index (χ3n) is 2.33. The Kier molecular flexibility index (Phi) is 3.58. The molecule has 0 N–H and O–H groups in total. The Hall–Kier alpha value is -1.51. The SMILES string of the molecule is COc1ccc(C(=O)C(C)(C)C)c(OC)c1. The molecule has 0 saturated heterocycles. The Morgan fingerprint density at radius 2 is 1.75 bits per heavy atom. The Morgan fingerprint density at radius 3 is 2.19 bits per heavy atom. The van der Waals surface area contributed by atoms with Crippen molar-refractivity contribution >= 4 is 5.78 Å². The lowest BCUT2D eigenvalue weighted by Gasteiger charge is -2.18. The van der Waals surface area contributed by atoms with E-state index in [4.69, 9.17) is 9.47 Å². The second kappa shape index (κ2) is 4.56. The van der Waals surface area contributed by atoms with E-state index in [1.54, 1.807) is 32.4 Å². The Bertz CT molecular complexity index is 389. The van der Waals surface area contributed by atoms with Gasteiger partial charge in [-0.15, -0.1) is 0 Å². The van der Waals surface area contributed by atoms with Crippen LogP contribution in [0.25, 0.3) is 0 Å². The van der Waals surface area contributed by atoms with Crippen molar-refractivity contribution in [1.29, 1.82) is 0 Å². The molecule has 16 heavy (non-hydrogen) atoms. The first kappa shape index (κ1) is 12.6. The maximum absolute atomic E-state index is 12.1. The molecule has 0 saturated carbocycles. The number of ketones is 1. The lowest BCUT2D eigenvalue weighted by Crippen LogP contribution is -2.20. The zero-order chi connectivity index (χ0) is 12.3. The maximum Gasteiger partial charge on any atom is 0.171 e. The van der Waals surface area contributed by atoms with E-state index in [0.717, 1.165) is 0 Å². The Labute approximate surface area is 96.4 Å². The van der Waals surface area contributed by atoms with Crippen LogP contribution in [0, 0.1) is 5.41 Å². The van der Waals surface area contributed by atoms with Gasteiger partial charge in [0.05, 0.1) is 19.8 Å². The molecule has 0 aliphatic rings. The largest absolute Gasteiger partial charge is 0.497 e. The number of rotatable bonds is 3. The normalized spacial score (nSPS) is 11.1. The van der Waals surface area contributed by atoms with E-state index in [0.29, 0.717) is 17.1 Å². The highest BCUT2D eigenvalue weighted by Gasteiger charge is 2.25. The molecule has 0 heterocycles. The van der Waals surface area contributed by atoms with E-state index in [9.17, 15) is 4.79 Å². The van der Waals surface area contributed by atoms with Gasteiger partial charge in [-0.05, 0) is 12.1 Å². The summed E-state index contributed by atoms with van der Waals surface area (Å²) in [5.74, 6) is 1.30. The minimum Gasteiger partial charge on any atom is -0.497 e. The highest BCUT2D eigenvalue weighted by Crippen LogP contribution is 2.30. The molecule has 0 fully saturated rings. The van der Waals surface area contributed by atoms with Crippen LogP contribution < -0.4 is 9.47 Å². The standard InChI is InChI=1S/C13H18O3/c1-13(2,3)12(14)10-7-6-9(15-4)8-11(10)16-5/h6-8H,1-5H3. The predicted octanol–water partition coefficient (Wildman–Crippen LogP) is 2.93. The van der Waals surface area contributed by atoms with Crippen molar-refractivity contribution in [3.05, 3.63) is 23.8 Å². The van der Waals surface area contributed by atoms with Gasteiger partial charge in [-0.25, -0.2) is 0 Å². The van der Waals surface area contributed by atoms with Crippen LogP contribution in [-0.2, 0) is 0 Å². The van der Waals surface area contributed by atoms with Gasteiger partial charge in [0.2, 0.25) is 0 Å². The Morgan fingerprint density at radius 1 is 1.12 bits per heavy atom. The van der Waals surface area contributed by atoms with Crippen LogP contribution in [0.15, 0.2) is 18.2 Å². The first-order valence-corrected chi connectivity index (χ1v) is 5.17. The molecule has 0 radical (unpaired) electrons. The summed E-state index contributed by atoms with van der Waals surface area (Å²) in [4.78, 5) is 12.1. The molecule has 0 atom stereocenters. The molecule has 88 valence electrons. The van der Waals surface area contributed by atoms with Crippen molar-refractivity contribution in [3.8, 4) is 11.5 Å². The van der Waals surface area contributed by atoms with Crippen LogP contribution in [0.1, 0.15) is 31.1 Å². The molecule has 0 aliphatic carbocycles. The molecule has 0 amide bonds. The van der Waals surface area contributed by atoms with Gasteiger partial charge in [-0.2, -0.15) is 0 Å². The number of hydrogen-bond donors (Lipinski definition) is 0. The zero-order valence-electron chi connectivity index (χ0n) is 10.5. The number of benzene rings is 1. The summed E-state index contributed by atoms with van der Waals surface area (Å²) in [5.41, 5.74) is 0.179. The summed E-state index contributed by atoms with van der Waals surface area (Å²) in [7, 11) is 3.13. The summed E-state index contributed by atoms with van der Waals surface area (Å²) < 4.78 is 10.3. The van der Waals surface area contributed by atoms with Crippen LogP contribution in [0.2, 0.25) is 0 Å². The first-order chi connectivity index (χ1) is 7.40. The minimum absolute atomic E-state index is 0.0620. The van der Waals surface area contributed by atoms with Crippen LogP contribution in [0.4, 0.5) is 0 Å². The fourth-order valence-electron chi connectivity index (χ4n) is 1.39. The summed E-state index contributed by atoms with van der Waals surface area (Å²) >= 11 is 0. The lowest BCUT2D eigenvalue weighted by atomic mass is 9.86. The van der Waals surface area contributed by atoms with Crippen molar-refractivity contribution < 1.29 is 14.3 Å². The predicted molar refractivity (Wildman–Crippen MR) is 63.3 cm³/mol. The monoisotopic (exact) mass is 222 g/mol. The summed E-state index contributed by atoms with van der Waals surface area (Å²) in [5, 5.41) is 0. The highest BCUT2D eigenvalue weighted by molar-refractivity contribution is 6.02. The molecule has 0 unspecified atom stereocenters. The number of hydrogen-bond acceptors (Lipinski definition) is 3. The van der Waals surface area contributed by atoms with Crippen molar-refractivity contribution in [2.75, 3.05) is 14.2 Å². The first-order valence-electron chi connectivity index (χ1n) is 5.17. The van der Waals surface area contributed by atoms with E-state index in [1.165, 1.54) is 0 Å². The topological polar surface area (TPSA) is 35.5 Å². The van der Waals surface area contributed by atoms with Crippen molar-refractivity contribution in [1.82, 2.24) is 0 Å². The van der Waals surface area contributed by atoms with Gasteiger partial charge < -0.3 is 9.47 Å². The number of ether oxygens (including phenoxy) is 2. The van der Waals surface area contributed by atoms with Gasteiger partial charge in [-0.3, -0.25) is 4.79 Å². The van der Waals surface area contributed by atoms with Gasteiger partial charge in [0, 0.05) is 11.5 Å². The average molecular weight is 222 g/mol. The minimum atomic E-state index is -0.415. The molecule has 3 nitrogen and oxygen atoms in total. The molecule has 1 aromatic rings. The summed E-state index contributed by atoms with van der Waals surface area (Å²) in [6.45, 7) is 5.66. The summed E-state index contributed by atoms with van der Waals surface area (Å²) in [6.07, 6.45) is 0. The van der Waals surface area contributed by atoms with Gasteiger partial charge in [0.25, 0.3) is 0 Å². The number of Topliss-reactive ketones (excluding diaryl/α,β-unsaturated/α-hetero) is 1. The lowest BCUT2D eigenvalue weighted by molar-refractivity contribution is 0.0855. The van der Waals surface area contributed by atoms with Crippen molar-refractivity contribution in [3.63, 3.8) is 0 Å². The molecule has 1 aromatic carbocycles. The van der Waals surface area contributed by atoms with E-state index in [-0.39, 0.29) is 5.78 Å². The molecule has 0 aromatic heterocycles. The molecular weight excluding hydrogens is 204 g/mol. The fourth-order valence-corrected chi connectivity index (χ4v) is 1.39. The van der Waals surface area contributed by atoms with Crippen LogP contribution in [0.3, 0.4) is 0 Å². The van der Waals surface area contributed by atoms with E-state index < -0.39 is 5.41 Å². The molecule has 3 heteroatoms. The van der Waals surface area contributed by atoms with Crippen LogP contribution in [-0.4, -0.2) is 20.0 Å². The van der Waals surface area contributed by atoms with Gasteiger partial charge in [-0.1, -0.05) is 20.8 Å². The second-order valence-corrected chi connectivity index (χ2v) is 4.65. The van der Waals surface area contributed by atoms with Gasteiger partial charge in [0.1, 0.15) is 11.5 Å². The molecule has 0 spiro atoms. The molecule has 1 rings (SSSR count). The van der Waals surface area contributed by atoms with Gasteiger partial charge >= 0.3 is 0 Å². The molecule has 0 bridgehead atoms. The zero-order valence-corrected chi connectivity index (χ0v) is 10.5. The fraction of sp³-hybridized carbons (Fsp3) is 0.462. The van der Waals surface area contributed by atoms with Gasteiger partial charge in [0.15, 0.2) is 5.78 Å². The van der Waals surface area contributed by atoms with Crippen LogP contribution >= 0.6 is 0 Å². The Balaban J connectivity index is 3.19. The summed E-state index contributed by atoms with van der Waals surface area (Å²) in [6, 6.07) is 5.23. The van der Waals surface area contributed by atoms with E-state index in [1.807, 2.05) is 20.8 Å².